The molecular weight excluding hydrogens is 328 g/mol. The van der Waals surface area contributed by atoms with Crippen molar-refractivity contribution in [2.45, 2.75) is 32.6 Å². The second-order valence-electron chi connectivity index (χ2n) is 6.56. The minimum absolute atomic E-state index is 0.00778. The molecule has 0 atom stereocenters. The molecule has 0 radical (unpaired) electrons. The quantitative estimate of drug-likeness (QED) is 0.863. The molecule has 6 heteroatoms. The maximum Gasteiger partial charge on any atom is 0.272 e. The van der Waals surface area contributed by atoms with Gasteiger partial charge in [-0.1, -0.05) is 12.1 Å². The van der Waals surface area contributed by atoms with Crippen molar-refractivity contribution in [1.82, 2.24) is 14.9 Å². The zero-order chi connectivity index (χ0) is 18.4. The van der Waals surface area contributed by atoms with Gasteiger partial charge in [-0.05, 0) is 50.3 Å². The molecule has 0 unspecified atom stereocenters. The van der Waals surface area contributed by atoms with Crippen LogP contribution in [0.4, 0.5) is 5.82 Å². The molecule has 26 heavy (non-hydrogen) atoms. The molecule has 6 nitrogen and oxygen atoms in total. The van der Waals surface area contributed by atoms with Crippen LogP contribution in [-0.4, -0.2) is 47.5 Å². The number of carbonyl (C=O) groups is 1. The first-order chi connectivity index (χ1) is 12.7. The average molecular weight is 354 g/mol. The summed E-state index contributed by atoms with van der Waals surface area (Å²) in [5.41, 5.74) is 1.69. The lowest BCUT2D eigenvalue weighted by Gasteiger charge is -2.26. The van der Waals surface area contributed by atoms with Gasteiger partial charge in [-0.25, -0.2) is 9.97 Å². The molecule has 1 aliphatic rings. The number of likely N-dealkylation sites (tertiary alicyclic amines) is 1. The molecule has 1 fully saturated rings. The monoisotopic (exact) mass is 354 g/mol. The summed E-state index contributed by atoms with van der Waals surface area (Å²) in [6.07, 6.45) is 4.21. The Balaban J connectivity index is 1.60. The number of aromatic nitrogens is 2. The maximum absolute atomic E-state index is 12.7. The number of amides is 1. The molecule has 3 rings (SSSR count). The Morgan fingerprint density at radius 2 is 1.88 bits per heavy atom. The number of hydrogen-bond donors (Lipinski definition) is 1. The smallest absolute Gasteiger partial charge is 0.272 e. The van der Waals surface area contributed by atoms with Gasteiger partial charge >= 0.3 is 0 Å². The van der Waals surface area contributed by atoms with Crippen molar-refractivity contribution in [3.8, 4) is 5.75 Å². The third kappa shape index (κ3) is 4.71. The van der Waals surface area contributed by atoms with Crippen LogP contribution >= 0.6 is 0 Å². The fourth-order valence-electron chi connectivity index (χ4n) is 3.15. The van der Waals surface area contributed by atoms with Gasteiger partial charge in [0.15, 0.2) is 0 Å². The van der Waals surface area contributed by atoms with E-state index < -0.39 is 0 Å². The summed E-state index contributed by atoms with van der Waals surface area (Å²) in [7, 11) is 1.66. The van der Waals surface area contributed by atoms with Crippen molar-refractivity contribution in [2.75, 3.05) is 32.1 Å². The predicted molar refractivity (Wildman–Crippen MR) is 102 cm³/mol. The van der Waals surface area contributed by atoms with E-state index in [1.54, 1.807) is 13.2 Å². The lowest BCUT2D eigenvalue weighted by Crippen LogP contribution is -2.36. The van der Waals surface area contributed by atoms with E-state index in [4.69, 9.17) is 4.74 Å². The van der Waals surface area contributed by atoms with E-state index >= 15 is 0 Å². The third-order valence-corrected chi connectivity index (χ3v) is 4.58. The highest BCUT2D eigenvalue weighted by Crippen LogP contribution is 2.15. The van der Waals surface area contributed by atoms with Gasteiger partial charge < -0.3 is 15.0 Å². The van der Waals surface area contributed by atoms with E-state index in [0.717, 1.165) is 44.6 Å². The summed E-state index contributed by atoms with van der Waals surface area (Å²) < 4.78 is 5.17. The SMILES string of the molecule is COc1ccc(CCNc2cc(C(=O)N3CCCCC3)nc(C)n2)cc1. The van der Waals surface area contributed by atoms with Crippen LogP contribution in [0.25, 0.3) is 0 Å². The van der Waals surface area contributed by atoms with Crippen LogP contribution in [-0.2, 0) is 6.42 Å². The first kappa shape index (κ1) is 18.2. The van der Waals surface area contributed by atoms with Gasteiger partial charge in [-0.3, -0.25) is 4.79 Å². The maximum atomic E-state index is 12.7. The Hall–Kier alpha value is -2.63. The topological polar surface area (TPSA) is 67.3 Å². The molecule has 1 N–H and O–H groups in total. The molecule has 1 aliphatic heterocycles. The van der Waals surface area contributed by atoms with Crippen molar-refractivity contribution in [2.24, 2.45) is 0 Å². The summed E-state index contributed by atoms with van der Waals surface area (Å²) in [6, 6.07) is 9.78. The number of benzene rings is 1. The standard InChI is InChI=1S/C20H26N4O2/c1-15-22-18(20(25)24-12-4-3-5-13-24)14-19(23-15)21-11-10-16-6-8-17(26-2)9-7-16/h6-9,14H,3-5,10-13H2,1-2H3,(H,21,22,23). The number of piperidine rings is 1. The molecule has 2 aromatic rings. The van der Waals surface area contributed by atoms with Crippen molar-refractivity contribution < 1.29 is 9.53 Å². The van der Waals surface area contributed by atoms with Crippen molar-refractivity contribution in [3.05, 3.63) is 47.4 Å². The van der Waals surface area contributed by atoms with E-state index in [1.807, 2.05) is 24.0 Å². The Kier molecular flexibility index (Phi) is 6.04. The molecule has 138 valence electrons. The number of methoxy groups -OCH3 is 1. The van der Waals surface area contributed by atoms with Gasteiger partial charge in [0.25, 0.3) is 5.91 Å². The summed E-state index contributed by atoms with van der Waals surface area (Å²) in [5, 5.41) is 3.31. The van der Waals surface area contributed by atoms with Crippen LogP contribution in [0.1, 0.15) is 41.1 Å². The second kappa shape index (κ2) is 8.65. The lowest BCUT2D eigenvalue weighted by molar-refractivity contribution is 0.0718. The Labute approximate surface area is 154 Å². The molecule has 0 spiro atoms. The van der Waals surface area contributed by atoms with Crippen molar-refractivity contribution in [1.29, 1.82) is 0 Å². The number of ether oxygens (including phenoxy) is 1. The first-order valence-corrected chi connectivity index (χ1v) is 9.17. The van der Waals surface area contributed by atoms with Crippen LogP contribution in [0.3, 0.4) is 0 Å². The van der Waals surface area contributed by atoms with Gasteiger partial charge in [0, 0.05) is 25.7 Å². The number of anilines is 1. The lowest BCUT2D eigenvalue weighted by atomic mass is 10.1. The van der Waals surface area contributed by atoms with E-state index in [-0.39, 0.29) is 5.91 Å². The molecule has 1 aromatic heterocycles. The third-order valence-electron chi connectivity index (χ3n) is 4.58. The first-order valence-electron chi connectivity index (χ1n) is 9.17. The highest BCUT2D eigenvalue weighted by atomic mass is 16.5. The van der Waals surface area contributed by atoms with Gasteiger partial charge in [0.2, 0.25) is 0 Å². The van der Waals surface area contributed by atoms with E-state index in [9.17, 15) is 4.79 Å². The van der Waals surface area contributed by atoms with Crippen molar-refractivity contribution >= 4 is 11.7 Å². The summed E-state index contributed by atoms with van der Waals surface area (Å²) in [5.74, 6) is 2.17. The highest BCUT2D eigenvalue weighted by molar-refractivity contribution is 5.93. The number of aryl methyl sites for hydroxylation is 1. The van der Waals surface area contributed by atoms with Gasteiger partial charge in [-0.15, -0.1) is 0 Å². The van der Waals surface area contributed by atoms with Crippen LogP contribution in [0.5, 0.6) is 5.75 Å². The Bertz CT molecular complexity index is 740. The number of carbonyl (C=O) groups excluding carboxylic acids is 1. The zero-order valence-corrected chi connectivity index (χ0v) is 15.5. The average Bonchev–Trinajstić information content (AvgIpc) is 2.68. The molecule has 1 amide bonds. The molecule has 2 heterocycles. The summed E-state index contributed by atoms with van der Waals surface area (Å²) in [4.78, 5) is 23.3. The number of rotatable bonds is 6. The van der Waals surface area contributed by atoms with Crippen LogP contribution < -0.4 is 10.1 Å². The number of nitrogens with one attached hydrogen (secondary N) is 1. The van der Waals surface area contributed by atoms with Crippen LogP contribution in [0, 0.1) is 6.92 Å². The van der Waals surface area contributed by atoms with E-state index in [2.05, 4.69) is 27.4 Å². The molecule has 1 saturated heterocycles. The van der Waals surface area contributed by atoms with Crippen LogP contribution in [0.2, 0.25) is 0 Å². The fraction of sp³-hybridized carbons (Fsp3) is 0.450. The fourth-order valence-corrected chi connectivity index (χ4v) is 3.15. The number of hydrogen-bond acceptors (Lipinski definition) is 5. The zero-order valence-electron chi connectivity index (χ0n) is 15.5. The van der Waals surface area contributed by atoms with Crippen molar-refractivity contribution in [3.63, 3.8) is 0 Å². The van der Waals surface area contributed by atoms with Gasteiger partial charge in [0.05, 0.1) is 7.11 Å². The van der Waals surface area contributed by atoms with Gasteiger partial charge in [-0.2, -0.15) is 0 Å². The van der Waals surface area contributed by atoms with Gasteiger partial charge in [0.1, 0.15) is 23.1 Å². The molecule has 0 saturated carbocycles. The predicted octanol–water partition coefficient (Wildman–Crippen LogP) is 3.07. The Morgan fingerprint density at radius 3 is 2.58 bits per heavy atom. The summed E-state index contributed by atoms with van der Waals surface area (Å²) >= 11 is 0. The minimum atomic E-state index is 0.00778. The Morgan fingerprint density at radius 1 is 1.15 bits per heavy atom. The molecule has 0 bridgehead atoms. The minimum Gasteiger partial charge on any atom is -0.497 e. The normalized spacial score (nSPS) is 14.2. The molecule has 1 aromatic carbocycles. The molecular formula is C20H26N4O2. The van der Waals surface area contributed by atoms with E-state index in [1.165, 1.54) is 12.0 Å². The second-order valence-corrected chi connectivity index (χ2v) is 6.56. The summed E-state index contributed by atoms with van der Waals surface area (Å²) in [6.45, 7) is 4.20. The van der Waals surface area contributed by atoms with Crippen LogP contribution in [0.15, 0.2) is 30.3 Å². The number of nitrogens with zero attached hydrogens (tertiary/aromatic N) is 3. The largest absolute Gasteiger partial charge is 0.497 e. The van der Waals surface area contributed by atoms with E-state index in [0.29, 0.717) is 17.3 Å². The molecule has 0 aliphatic carbocycles. The highest BCUT2D eigenvalue weighted by Gasteiger charge is 2.20.